The second-order valence-electron chi connectivity index (χ2n) is 9.02. The van der Waals surface area contributed by atoms with Gasteiger partial charge in [-0.3, -0.25) is 0 Å². The fraction of sp³-hybridized carbons (Fsp3) is 0.379. The van der Waals surface area contributed by atoms with E-state index in [0.717, 1.165) is 49.7 Å². The molecule has 3 N–H and O–H groups in total. The number of benzene rings is 2. The van der Waals surface area contributed by atoms with Crippen molar-refractivity contribution in [1.82, 2.24) is 19.9 Å². The monoisotopic (exact) mass is 545 g/mol. The first kappa shape index (κ1) is 30.2. The van der Waals surface area contributed by atoms with Gasteiger partial charge in [-0.1, -0.05) is 38.6 Å². The molecule has 0 spiro atoms. The maximum Gasteiger partial charge on any atom is 0.333 e. The Labute approximate surface area is 236 Å². The summed E-state index contributed by atoms with van der Waals surface area (Å²) in [5, 5.41) is 18.3. The van der Waals surface area contributed by atoms with Crippen LogP contribution in [0.4, 0.5) is 34.9 Å². The molecule has 2 aromatic carbocycles. The van der Waals surface area contributed by atoms with Gasteiger partial charge in [-0.15, -0.1) is 0 Å². The quantitative estimate of drug-likeness (QED) is 0.0798. The number of nitrogens with one attached hydrogen (secondary N) is 3. The summed E-state index contributed by atoms with van der Waals surface area (Å²) in [4.78, 5) is 27.5. The molecular formula is C29H39N9O2. The highest BCUT2D eigenvalue weighted by Gasteiger charge is 2.08. The molecule has 0 amide bonds. The summed E-state index contributed by atoms with van der Waals surface area (Å²) in [6.07, 6.45) is 1.56. The minimum absolute atomic E-state index is 0.277. The molecule has 0 aliphatic rings. The van der Waals surface area contributed by atoms with Gasteiger partial charge >= 0.3 is 5.97 Å². The molecule has 0 saturated carbocycles. The SMILES string of the molecule is C=C(C)C(=O)OCCCNc1nc(NCCCN(CC)CC)nc(Nc2ccc(/N=N/c3ccccc3)cc2)n1. The normalized spacial score (nSPS) is 11.0. The fourth-order valence-corrected chi connectivity index (χ4v) is 3.54. The highest BCUT2D eigenvalue weighted by molar-refractivity contribution is 5.86. The molecule has 3 aromatic rings. The largest absolute Gasteiger partial charge is 0.462 e. The standard InChI is InChI=1S/C29H39N9O2/c1-5-38(6-2)20-10-18-30-27-33-28(31-19-11-21-40-26(39)22(3)4)35-29(34-27)32-23-14-16-25(17-15-23)37-36-24-12-8-7-9-13-24/h7-9,12-17H,3,5-6,10-11,18-21H2,1-2,4H3,(H3,30,31,32,33,34,35)/b37-36+. The van der Waals surface area contributed by atoms with Crippen LogP contribution >= 0.6 is 0 Å². The van der Waals surface area contributed by atoms with Crippen LogP contribution in [0.5, 0.6) is 0 Å². The van der Waals surface area contributed by atoms with Crippen molar-refractivity contribution in [3.05, 3.63) is 66.7 Å². The molecule has 212 valence electrons. The lowest BCUT2D eigenvalue weighted by molar-refractivity contribution is -0.138. The van der Waals surface area contributed by atoms with Crippen molar-refractivity contribution in [2.45, 2.75) is 33.6 Å². The number of ether oxygens (including phenoxy) is 1. The average Bonchev–Trinajstić information content (AvgIpc) is 2.97. The fourth-order valence-electron chi connectivity index (χ4n) is 3.54. The number of anilines is 4. The van der Waals surface area contributed by atoms with Crippen molar-refractivity contribution in [2.24, 2.45) is 10.2 Å². The summed E-state index contributed by atoms with van der Waals surface area (Å²) >= 11 is 0. The Balaban J connectivity index is 1.63. The first-order valence-corrected chi connectivity index (χ1v) is 13.6. The third kappa shape index (κ3) is 10.8. The maximum absolute atomic E-state index is 11.6. The van der Waals surface area contributed by atoms with E-state index in [-0.39, 0.29) is 6.61 Å². The number of carbonyl (C=O) groups excluding carboxylic acids is 1. The van der Waals surface area contributed by atoms with Gasteiger partial charge in [0.2, 0.25) is 17.8 Å². The van der Waals surface area contributed by atoms with Crippen molar-refractivity contribution in [1.29, 1.82) is 0 Å². The number of hydrogen-bond acceptors (Lipinski definition) is 11. The van der Waals surface area contributed by atoms with Crippen molar-refractivity contribution in [3.63, 3.8) is 0 Å². The van der Waals surface area contributed by atoms with E-state index >= 15 is 0 Å². The number of rotatable bonds is 17. The van der Waals surface area contributed by atoms with Crippen molar-refractivity contribution in [3.8, 4) is 0 Å². The smallest absolute Gasteiger partial charge is 0.333 e. The molecule has 0 bridgehead atoms. The molecule has 0 atom stereocenters. The third-order valence-corrected chi connectivity index (χ3v) is 5.81. The highest BCUT2D eigenvalue weighted by atomic mass is 16.5. The van der Waals surface area contributed by atoms with E-state index in [4.69, 9.17) is 4.74 Å². The van der Waals surface area contributed by atoms with E-state index in [1.165, 1.54) is 0 Å². The number of hydrogen-bond donors (Lipinski definition) is 3. The second kappa shape index (κ2) is 16.6. The van der Waals surface area contributed by atoms with E-state index in [2.05, 4.69) is 66.5 Å². The summed E-state index contributed by atoms with van der Waals surface area (Å²) < 4.78 is 5.15. The van der Waals surface area contributed by atoms with Crippen LogP contribution in [0.1, 0.15) is 33.6 Å². The molecule has 0 unspecified atom stereocenters. The Morgan fingerprint density at radius 2 is 1.43 bits per heavy atom. The molecule has 11 heteroatoms. The second-order valence-corrected chi connectivity index (χ2v) is 9.02. The first-order valence-electron chi connectivity index (χ1n) is 13.6. The minimum Gasteiger partial charge on any atom is -0.462 e. The summed E-state index contributed by atoms with van der Waals surface area (Å²) in [7, 11) is 0. The number of nitrogens with zero attached hydrogens (tertiary/aromatic N) is 6. The van der Waals surface area contributed by atoms with E-state index < -0.39 is 5.97 Å². The van der Waals surface area contributed by atoms with E-state index in [9.17, 15) is 4.79 Å². The molecule has 1 aromatic heterocycles. The third-order valence-electron chi connectivity index (χ3n) is 5.81. The molecule has 3 rings (SSSR count). The first-order chi connectivity index (χ1) is 19.5. The number of azo groups is 1. The molecule has 40 heavy (non-hydrogen) atoms. The Morgan fingerprint density at radius 1 is 0.850 bits per heavy atom. The van der Waals surface area contributed by atoms with E-state index in [1.54, 1.807) is 6.92 Å². The van der Waals surface area contributed by atoms with Crippen molar-refractivity contribution < 1.29 is 9.53 Å². The van der Waals surface area contributed by atoms with Gasteiger partial charge in [-0.25, -0.2) is 4.79 Å². The predicted molar refractivity (Wildman–Crippen MR) is 160 cm³/mol. The maximum atomic E-state index is 11.6. The minimum atomic E-state index is -0.393. The van der Waals surface area contributed by atoms with Gasteiger partial charge in [0.05, 0.1) is 18.0 Å². The summed E-state index contributed by atoms with van der Waals surface area (Å²) in [6, 6.07) is 17.1. The zero-order valence-corrected chi connectivity index (χ0v) is 23.6. The van der Waals surface area contributed by atoms with Gasteiger partial charge in [0.25, 0.3) is 0 Å². The van der Waals surface area contributed by atoms with Gasteiger partial charge in [-0.2, -0.15) is 25.2 Å². The molecule has 11 nitrogen and oxygen atoms in total. The van der Waals surface area contributed by atoms with Gasteiger partial charge in [0, 0.05) is 24.4 Å². The van der Waals surface area contributed by atoms with Crippen molar-refractivity contribution in [2.75, 3.05) is 55.3 Å². The van der Waals surface area contributed by atoms with Gasteiger partial charge in [0.15, 0.2) is 0 Å². The van der Waals surface area contributed by atoms with E-state index in [1.807, 2.05) is 54.6 Å². The Bertz CT molecular complexity index is 1230. The van der Waals surface area contributed by atoms with Crippen LogP contribution in [-0.2, 0) is 9.53 Å². The summed E-state index contributed by atoms with van der Waals surface area (Å²) in [6.45, 7) is 14.1. The molecular weight excluding hydrogens is 506 g/mol. The Morgan fingerprint density at radius 3 is 2.02 bits per heavy atom. The Kier molecular flexibility index (Phi) is 12.5. The Hall–Kier alpha value is -4.38. The molecule has 1 heterocycles. The number of aromatic nitrogens is 3. The lowest BCUT2D eigenvalue weighted by atomic mass is 10.3. The molecule has 0 fully saturated rings. The van der Waals surface area contributed by atoms with Crippen molar-refractivity contribution >= 4 is 40.9 Å². The number of esters is 1. The van der Waals surface area contributed by atoms with Crippen LogP contribution in [0.15, 0.2) is 77.0 Å². The van der Waals surface area contributed by atoms with Crippen LogP contribution < -0.4 is 16.0 Å². The van der Waals surface area contributed by atoms with Crippen LogP contribution in [0, 0.1) is 0 Å². The van der Waals surface area contributed by atoms with Crippen LogP contribution in [-0.4, -0.2) is 65.2 Å². The molecule has 0 aliphatic heterocycles. The topological polar surface area (TPSA) is 129 Å². The lowest BCUT2D eigenvalue weighted by Crippen LogP contribution is -2.25. The lowest BCUT2D eigenvalue weighted by Gasteiger charge is -2.17. The zero-order chi connectivity index (χ0) is 28.6. The number of carbonyl (C=O) groups is 1. The van der Waals surface area contributed by atoms with Crippen LogP contribution in [0.3, 0.4) is 0 Å². The molecule has 0 aliphatic carbocycles. The van der Waals surface area contributed by atoms with Gasteiger partial charge in [-0.05, 0) is 75.8 Å². The molecule has 0 saturated heterocycles. The molecule has 0 radical (unpaired) electrons. The zero-order valence-electron chi connectivity index (χ0n) is 23.6. The summed E-state index contributed by atoms with van der Waals surface area (Å²) in [5.41, 5.74) is 2.71. The summed E-state index contributed by atoms with van der Waals surface area (Å²) in [5.74, 6) is 0.899. The average molecular weight is 546 g/mol. The van der Waals surface area contributed by atoms with Crippen LogP contribution in [0.25, 0.3) is 0 Å². The predicted octanol–water partition coefficient (Wildman–Crippen LogP) is 6.10. The van der Waals surface area contributed by atoms with Gasteiger partial charge in [0.1, 0.15) is 0 Å². The van der Waals surface area contributed by atoms with Gasteiger partial charge < -0.3 is 25.6 Å². The van der Waals surface area contributed by atoms with Crippen LogP contribution in [0.2, 0.25) is 0 Å². The highest BCUT2D eigenvalue weighted by Crippen LogP contribution is 2.22. The van der Waals surface area contributed by atoms with E-state index in [0.29, 0.717) is 36.4 Å².